The zero-order valence-corrected chi connectivity index (χ0v) is 27.7. The number of hydrogen-bond acceptors (Lipinski definition) is 5. The Balaban J connectivity index is 2.76. The predicted octanol–water partition coefficient (Wildman–Crippen LogP) is 11.5. The summed E-state index contributed by atoms with van der Waals surface area (Å²) in [6.45, 7) is 10.6. The zero-order valence-electron chi connectivity index (χ0n) is 26.9. The summed E-state index contributed by atoms with van der Waals surface area (Å²) in [6, 6.07) is 5.50. The highest BCUT2D eigenvalue weighted by Crippen LogP contribution is 2.32. The van der Waals surface area contributed by atoms with E-state index >= 15 is 0 Å². The number of carbonyl (C=O) groups is 1. The van der Waals surface area contributed by atoms with E-state index in [1.54, 1.807) is 19.1 Å². The summed E-state index contributed by atoms with van der Waals surface area (Å²) >= 11 is 1.93. The Hall–Kier alpha value is -1.76. The van der Waals surface area contributed by atoms with Crippen LogP contribution in [-0.2, 0) is 10.5 Å². The summed E-state index contributed by atoms with van der Waals surface area (Å²) < 4.78 is 5.68. The average Bonchev–Trinajstić information content (AvgIpc) is 2.96. The van der Waals surface area contributed by atoms with Crippen molar-refractivity contribution in [2.24, 2.45) is 0 Å². The van der Waals surface area contributed by atoms with Gasteiger partial charge < -0.3 is 10.1 Å². The van der Waals surface area contributed by atoms with Crippen LogP contribution in [0.4, 0.5) is 10.5 Å². The third-order valence-corrected chi connectivity index (χ3v) is 9.34. The number of ether oxygens (including phenoxy) is 1. The molecule has 1 N–H and O–H groups in total. The Morgan fingerprint density at radius 2 is 1.37 bits per heavy atom. The molecule has 0 spiro atoms. The fourth-order valence-corrected chi connectivity index (χ4v) is 6.55. The van der Waals surface area contributed by atoms with Crippen LogP contribution in [0, 0.1) is 10.1 Å². The van der Waals surface area contributed by atoms with Crippen LogP contribution in [0.25, 0.3) is 0 Å². The number of nitro groups is 1. The lowest BCUT2D eigenvalue weighted by Gasteiger charge is -2.21. The molecule has 236 valence electrons. The van der Waals surface area contributed by atoms with E-state index in [1.165, 1.54) is 83.5 Å². The molecule has 0 aliphatic carbocycles. The molecule has 6 nitrogen and oxygen atoms in total. The molecule has 0 saturated carbocycles. The molecule has 0 radical (unpaired) electrons. The second kappa shape index (κ2) is 23.8. The van der Waals surface area contributed by atoms with Crippen molar-refractivity contribution in [3.8, 4) is 0 Å². The molecule has 0 bridgehead atoms. The van der Waals surface area contributed by atoms with Crippen molar-refractivity contribution in [1.29, 1.82) is 0 Å². The van der Waals surface area contributed by atoms with Gasteiger partial charge in [0, 0.05) is 23.1 Å². The van der Waals surface area contributed by atoms with Crippen molar-refractivity contribution in [3.63, 3.8) is 0 Å². The monoisotopic (exact) mass is 592 g/mol. The lowest BCUT2D eigenvalue weighted by atomic mass is 10.0. The Labute approximate surface area is 255 Å². The van der Waals surface area contributed by atoms with Gasteiger partial charge in [-0.2, -0.15) is 11.8 Å². The molecule has 0 aliphatic heterocycles. The van der Waals surface area contributed by atoms with E-state index in [1.807, 2.05) is 17.8 Å². The first kappa shape index (κ1) is 37.3. The lowest BCUT2D eigenvalue weighted by Crippen LogP contribution is -2.35. The first-order chi connectivity index (χ1) is 19.9. The first-order valence-electron chi connectivity index (χ1n) is 16.7. The van der Waals surface area contributed by atoms with E-state index in [9.17, 15) is 14.9 Å². The highest BCUT2D eigenvalue weighted by Gasteiger charge is 2.24. The van der Waals surface area contributed by atoms with Crippen LogP contribution >= 0.6 is 11.8 Å². The Kier molecular flexibility index (Phi) is 21.6. The third-order valence-electron chi connectivity index (χ3n) is 7.89. The second-order valence-corrected chi connectivity index (χ2v) is 13.0. The maximum atomic E-state index is 12.8. The minimum Gasteiger partial charge on any atom is -0.441 e. The van der Waals surface area contributed by atoms with Crippen molar-refractivity contribution < 1.29 is 14.5 Å². The van der Waals surface area contributed by atoms with E-state index in [2.05, 4.69) is 33.0 Å². The van der Waals surface area contributed by atoms with E-state index in [4.69, 9.17) is 4.74 Å². The van der Waals surface area contributed by atoms with E-state index < -0.39 is 12.2 Å². The molecule has 0 aliphatic rings. The maximum Gasteiger partial charge on any atom is 0.407 e. The number of nitrogens with one attached hydrogen (secondary N) is 1. The highest BCUT2D eigenvalue weighted by molar-refractivity contribution is 7.99. The van der Waals surface area contributed by atoms with Crippen LogP contribution in [0.5, 0.6) is 0 Å². The summed E-state index contributed by atoms with van der Waals surface area (Å²) in [5, 5.41) is 15.6. The minimum atomic E-state index is -0.700. The molecule has 0 saturated heterocycles. The van der Waals surface area contributed by atoms with Crippen LogP contribution in [0.15, 0.2) is 18.2 Å². The molecule has 1 aromatic carbocycles. The van der Waals surface area contributed by atoms with Gasteiger partial charge in [-0.05, 0) is 44.2 Å². The molecule has 1 amide bonds. The van der Waals surface area contributed by atoms with Gasteiger partial charge in [0.05, 0.1) is 10.5 Å². The van der Waals surface area contributed by atoms with Crippen LogP contribution in [0.2, 0.25) is 0 Å². The number of benzene rings is 1. The number of amides is 1. The van der Waals surface area contributed by atoms with Crippen molar-refractivity contribution in [2.75, 3.05) is 0 Å². The predicted molar refractivity (Wildman–Crippen MR) is 176 cm³/mol. The average molecular weight is 593 g/mol. The molecule has 7 heteroatoms. The van der Waals surface area contributed by atoms with Gasteiger partial charge in [-0.25, -0.2) is 4.79 Å². The maximum absolute atomic E-state index is 12.8. The van der Waals surface area contributed by atoms with Gasteiger partial charge in [-0.15, -0.1) is 0 Å². The van der Waals surface area contributed by atoms with E-state index in [-0.39, 0.29) is 16.7 Å². The summed E-state index contributed by atoms with van der Waals surface area (Å²) in [6.07, 6.45) is 20.0. The van der Waals surface area contributed by atoms with Crippen molar-refractivity contribution >= 4 is 23.5 Å². The van der Waals surface area contributed by atoms with Gasteiger partial charge in [0.2, 0.25) is 0 Å². The standard InChI is InChI=1S/C34H60N2O4S/c1-6-10-14-16-18-21-30(20-12-8-3)35-34(37)40-28(5)32-25-24-29(26-33(32)36(38)39)27-41-31(22-13-9-4)23-19-17-15-11-7-2/h24-26,28,30-31H,6-23,27H2,1-5H3,(H,35,37). The molecule has 1 aromatic rings. The molecule has 3 atom stereocenters. The smallest absolute Gasteiger partial charge is 0.407 e. The number of carbonyl (C=O) groups excluding carboxylic acids is 1. The molecule has 3 unspecified atom stereocenters. The Morgan fingerprint density at radius 1 is 0.829 bits per heavy atom. The largest absolute Gasteiger partial charge is 0.441 e. The molecular weight excluding hydrogens is 532 g/mol. The molecule has 41 heavy (non-hydrogen) atoms. The summed E-state index contributed by atoms with van der Waals surface area (Å²) in [5.74, 6) is 0.761. The molecule has 0 fully saturated rings. The number of hydrogen-bond donors (Lipinski definition) is 1. The molecule has 1 rings (SSSR count). The molecule has 0 aromatic heterocycles. The Morgan fingerprint density at radius 3 is 1.98 bits per heavy atom. The van der Waals surface area contributed by atoms with Crippen molar-refractivity contribution in [3.05, 3.63) is 39.4 Å². The topological polar surface area (TPSA) is 81.5 Å². The van der Waals surface area contributed by atoms with Gasteiger partial charge in [0.15, 0.2) is 0 Å². The number of nitrogens with zero attached hydrogens (tertiary/aromatic N) is 1. The van der Waals surface area contributed by atoms with Crippen LogP contribution < -0.4 is 5.32 Å². The van der Waals surface area contributed by atoms with Gasteiger partial charge in [0.25, 0.3) is 5.69 Å². The summed E-state index contributed by atoms with van der Waals surface area (Å²) in [7, 11) is 0. The number of alkyl carbamates (subject to hydrolysis) is 1. The lowest BCUT2D eigenvalue weighted by molar-refractivity contribution is -0.386. The number of unbranched alkanes of at least 4 members (excludes halogenated alkanes) is 10. The van der Waals surface area contributed by atoms with Gasteiger partial charge in [0.1, 0.15) is 6.10 Å². The van der Waals surface area contributed by atoms with E-state index in [0.717, 1.165) is 43.4 Å². The fourth-order valence-electron chi connectivity index (χ4n) is 5.27. The molecule has 0 heterocycles. The number of rotatable bonds is 25. The van der Waals surface area contributed by atoms with Gasteiger partial charge in [-0.3, -0.25) is 10.1 Å². The van der Waals surface area contributed by atoms with Crippen molar-refractivity contribution in [2.45, 2.75) is 173 Å². The second-order valence-electron chi connectivity index (χ2n) is 11.7. The Bertz CT molecular complexity index is 835. The summed E-state index contributed by atoms with van der Waals surface area (Å²) in [4.78, 5) is 24.4. The third kappa shape index (κ3) is 17.1. The van der Waals surface area contributed by atoms with Crippen LogP contribution in [-0.4, -0.2) is 22.3 Å². The number of thioether (sulfide) groups is 1. The first-order valence-corrected chi connectivity index (χ1v) is 17.8. The highest BCUT2D eigenvalue weighted by atomic mass is 32.2. The SMILES string of the molecule is CCCCCCCC(CCCC)NC(=O)OC(C)c1ccc(CSC(CCCC)CCCCCCC)cc1[N+](=O)[O-]. The van der Waals surface area contributed by atoms with Crippen LogP contribution in [0.3, 0.4) is 0 Å². The fraction of sp³-hybridized carbons (Fsp3) is 0.794. The summed E-state index contributed by atoms with van der Waals surface area (Å²) in [5.41, 5.74) is 1.44. The van der Waals surface area contributed by atoms with Crippen molar-refractivity contribution in [1.82, 2.24) is 5.32 Å². The number of nitro benzene ring substituents is 1. The van der Waals surface area contributed by atoms with E-state index in [0.29, 0.717) is 10.8 Å². The minimum absolute atomic E-state index is 0.0338. The van der Waals surface area contributed by atoms with Gasteiger partial charge >= 0.3 is 6.09 Å². The van der Waals surface area contributed by atoms with Gasteiger partial charge in [-0.1, -0.05) is 124 Å². The molecular formula is C34H60N2O4S. The van der Waals surface area contributed by atoms with Crippen LogP contribution in [0.1, 0.15) is 167 Å². The quantitative estimate of drug-likeness (QED) is 0.0693. The normalized spacial score (nSPS) is 13.5. The zero-order chi connectivity index (χ0) is 30.3.